The first-order chi connectivity index (χ1) is 13.6. The van der Waals surface area contributed by atoms with Crippen LogP contribution in [0.5, 0.6) is 0 Å². The van der Waals surface area contributed by atoms with Gasteiger partial charge in [-0.15, -0.1) is 0 Å². The summed E-state index contributed by atoms with van der Waals surface area (Å²) in [5.41, 5.74) is 2.81. The average molecular weight is 401 g/mol. The summed E-state index contributed by atoms with van der Waals surface area (Å²) >= 11 is 0. The van der Waals surface area contributed by atoms with Crippen LogP contribution < -0.4 is 5.32 Å². The molecule has 3 nitrogen and oxygen atoms in total. The van der Waals surface area contributed by atoms with Gasteiger partial charge in [0.25, 0.3) is 0 Å². The van der Waals surface area contributed by atoms with Crippen molar-refractivity contribution in [1.29, 1.82) is 0 Å². The van der Waals surface area contributed by atoms with E-state index in [0.29, 0.717) is 5.56 Å². The van der Waals surface area contributed by atoms with E-state index >= 15 is 0 Å². The standard InChI is InChI=1S/C23H22F3NO2/c1-16(27-17(2)28)15-20-7-5-18(6-8-20)3-4-19-9-11-21(12-10-19)22(29)13-14-23(24,25)26/h5-12,16H,13-15H2,1-2H3,(H,27,28). The average Bonchev–Trinajstić information content (AvgIpc) is 2.64. The monoisotopic (exact) mass is 401 g/mol. The van der Waals surface area contributed by atoms with Crippen molar-refractivity contribution < 1.29 is 22.8 Å². The quantitative estimate of drug-likeness (QED) is 0.564. The number of ketones is 1. The van der Waals surface area contributed by atoms with Crippen LogP contribution in [0, 0.1) is 11.8 Å². The van der Waals surface area contributed by atoms with Gasteiger partial charge in [-0.1, -0.05) is 36.1 Å². The maximum atomic E-state index is 12.2. The van der Waals surface area contributed by atoms with Crippen LogP contribution in [0.25, 0.3) is 0 Å². The number of benzene rings is 2. The summed E-state index contributed by atoms with van der Waals surface area (Å²) in [5, 5.41) is 2.83. The molecule has 0 aromatic heterocycles. The number of nitrogens with one attached hydrogen (secondary N) is 1. The number of alkyl halides is 3. The molecule has 0 radical (unpaired) electrons. The van der Waals surface area contributed by atoms with Crippen molar-refractivity contribution >= 4 is 11.7 Å². The molecule has 0 aliphatic heterocycles. The number of hydrogen-bond acceptors (Lipinski definition) is 2. The van der Waals surface area contributed by atoms with Crippen LogP contribution in [0.2, 0.25) is 0 Å². The lowest BCUT2D eigenvalue weighted by Gasteiger charge is -2.12. The molecule has 6 heteroatoms. The van der Waals surface area contributed by atoms with Gasteiger partial charge in [0.15, 0.2) is 5.78 Å². The Balaban J connectivity index is 1.95. The van der Waals surface area contributed by atoms with Gasteiger partial charge in [0.05, 0.1) is 6.42 Å². The summed E-state index contributed by atoms with van der Waals surface area (Å²) in [7, 11) is 0. The van der Waals surface area contributed by atoms with Crippen molar-refractivity contribution in [3.8, 4) is 11.8 Å². The molecule has 1 amide bonds. The third-order valence-corrected chi connectivity index (χ3v) is 4.14. The van der Waals surface area contributed by atoms with E-state index in [1.54, 1.807) is 12.1 Å². The minimum Gasteiger partial charge on any atom is -0.354 e. The van der Waals surface area contributed by atoms with Crippen molar-refractivity contribution in [1.82, 2.24) is 5.32 Å². The molecule has 1 unspecified atom stereocenters. The third-order valence-electron chi connectivity index (χ3n) is 4.14. The Morgan fingerprint density at radius 2 is 1.48 bits per heavy atom. The molecular weight excluding hydrogens is 379 g/mol. The van der Waals surface area contributed by atoms with Gasteiger partial charge in [0, 0.05) is 36.1 Å². The van der Waals surface area contributed by atoms with Gasteiger partial charge in [-0.05, 0) is 43.2 Å². The maximum absolute atomic E-state index is 12.2. The fraction of sp³-hybridized carbons (Fsp3) is 0.304. The number of rotatable bonds is 6. The van der Waals surface area contributed by atoms with Gasteiger partial charge in [-0.25, -0.2) is 0 Å². The van der Waals surface area contributed by atoms with Gasteiger partial charge in [0.1, 0.15) is 0 Å². The summed E-state index contributed by atoms with van der Waals surface area (Å²) < 4.78 is 36.6. The first-order valence-electron chi connectivity index (χ1n) is 9.20. The zero-order valence-corrected chi connectivity index (χ0v) is 16.3. The van der Waals surface area contributed by atoms with Crippen molar-refractivity contribution in [2.24, 2.45) is 0 Å². The molecule has 1 N–H and O–H groups in total. The predicted molar refractivity (Wildman–Crippen MR) is 105 cm³/mol. The highest BCUT2D eigenvalue weighted by Gasteiger charge is 2.28. The molecule has 0 spiro atoms. The minimum absolute atomic E-state index is 0.0433. The highest BCUT2D eigenvalue weighted by Crippen LogP contribution is 2.22. The normalized spacial score (nSPS) is 11.9. The van der Waals surface area contributed by atoms with E-state index in [4.69, 9.17) is 0 Å². The predicted octanol–water partition coefficient (Wildman–Crippen LogP) is 4.68. The fourth-order valence-corrected chi connectivity index (χ4v) is 2.76. The zero-order chi connectivity index (χ0) is 21.4. The Morgan fingerprint density at radius 1 is 0.966 bits per heavy atom. The molecule has 0 saturated carbocycles. The lowest BCUT2D eigenvalue weighted by atomic mass is 10.0. The Morgan fingerprint density at radius 3 is 1.97 bits per heavy atom. The van der Waals surface area contributed by atoms with Crippen LogP contribution in [0.4, 0.5) is 13.2 Å². The third kappa shape index (κ3) is 8.22. The van der Waals surface area contributed by atoms with E-state index in [1.165, 1.54) is 19.1 Å². The lowest BCUT2D eigenvalue weighted by Crippen LogP contribution is -2.31. The number of amides is 1. The molecule has 2 aromatic carbocycles. The molecular formula is C23H22F3NO2. The van der Waals surface area contributed by atoms with Gasteiger partial charge in [0.2, 0.25) is 5.91 Å². The second-order valence-electron chi connectivity index (χ2n) is 6.87. The molecule has 0 saturated heterocycles. The minimum atomic E-state index is -4.33. The van der Waals surface area contributed by atoms with Crippen molar-refractivity contribution in [3.63, 3.8) is 0 Å². The summed E-state index contributed by atoms with van der Waals surface area (Å²) in [5.74, 6) is 5.39. The molecule has 1 atom stereocenters. The van der Waals surface area contributed by atoms with Crippen molar-refractivity contribution in [2.75, 3.05) is 0 Å². The molecule has 0 fully saturated rings. The van der Waals surface area contributed by atoms with Gasteiger partial charge in [-0.2, -0.15) is 13.2 Å². The fourth-order valence-electron chi connectivity index (χ4n) is 2.76. The van der Waals surface area contributed by atoms with E-state index < -0.39 is 24.8 Å². The number of hydrogen-bond donors (Lipinski definition) is 1. The second kappa shape index (κ2) is 9.92. The largest absolute Gasteiger partial charge is 0.389 e. The molecule has 2 rings (SSSR count). The van der Waals surface area contributed by atoms with E-state index in [9.17, 15) is 22.8 Å². The molecule has 2 aromatic rings. The van der Waals surface area contributed by atoms with E-state index in [-0.39, 0.29) is 17.5 Å². The van der Waals surface area contributed by atoms with Gasteiger partial charge in [-0.3, -0.25) is 9.59 Å². The Kier molecular flexibility index (Phi) is 7.60. The molecule has 152 valence electrons. The molecule has 0 heterocycles. The van der Waals surface area contributed by atoms with E-state index in [2.05, 4.69) is 17.2 Å². The summed E-state index contributed by atoms with van der Waals surface area (Å²) in [6, 6.07) is 14.0. The van der Waals surface area contributed by atoms with Gasteiger partial charge < -0.3 is 5.32 Å². The molecule has 0 bridgehead atoms. The van der Waals surface area contributed by atoms with Crippen LogP contribution >= 0.6 is 0 Å². The number of carbonyl (C=O) groups is 2. The first kappa shape index (κ1) is 22.2. The lowest BCUT2D eigenvalue weighted by molar-refractivity contribution is -0.133. The topological polar surface area (TPSA) is 46.2 Å². The maximum Gasteiger partial charge on any atom is 0.389 e. The van der Waals surface area contributed by atoms with Crippen molar-refractivity contribution in [2.45, 2.75) is 45.3 Å². The zero-order valence-electron chi connectivity index (χ0n) is 16.3. The summed E-state index contributed by atoms with van der Waals surface area (Å²) in [6.07, 6.45) is -5.29. The van der Waals surface area contributed by atoms with E-state index in [1.807, 2.05) is 31.2 Å². The summed E-state index contributed by atoms with van der Waals surface area (Å²) in [6.45, 7) is 3.42. The molecule has 0 aliphatic carbocycles. The first-order valence-corrected chi connectivity index (χ1v) is 9.20. The smallest absolute Gasteiger partial charge is 0.354 e. The highest BCUT2D eigenvalue weighted by molar-refractivity contribution is 5.96. The highest BCUT2D eigenvalue weighted by atomic mass is 19.4. The van der Waals surface area contributed by atoms with Crippen LogP contribution in [0.1, 0.15) is 53.7 Å². The number of carbonyl (C=O) groups excluding carboxylic acids is 2. The van der Waals surface area contributed by atoms with E-state index in [0.717, 1.165) is 17.5 Å². The molecule has 0 aliphatic rings. The Labute approximate surface area is 168 Å². The van der Waals surface area contributed by atoms with Crippen molar-refractivity contribution in [3.05, 3.63) is 70.8 Å². The molecule has 29 heavy (non-hydrogen) atoms. The second-order valence-corrected chi connectivity index (χ2v) is 6.87. The van der Waals surface area contributed by atoms with Crippen LogP contribution in [0.15, 0.2) is 48.5 Å². The van der Waals surface area contributed by atoms with Gasteiger partial charge >= 0.3 is 6.18 Å². The number of halogens is 3. The Hall–Kier alpha value is -3.07. The SMILES string of the molecule is CC(=O)NC(C)Cc1ccc(C#Cc2ccc(C(=O)CCC(F)(F)F)cc2)cc1. The van der Waals surface area contributed by atoms with Crippen LogP contribution in [-0.2, 0) is 11.2 Å². The Bertz CT molecular complexity index is 904. The van der Waals surface area contributed by atoms with Crippen LogP contribution in [0.3, 0.4) is 0 Å². The number of Topliss-reactive ketones (excluding diaryl/α,β-unsaturated/α-hetero) is 1. The summed E-state index contributed by atoms with van der Waals surface area (Å²) in [4.78, 5) is 22.8. The van der Waals surface area contributed by atoms with Crippen LogP contribution in [-0.4, -0.2) is 23.9 Å².